The van der Waals surface area contributed by atoms with Gasteiger partial charge >= 0.3 is 0 Å². The molecule has 6 heteroatoms. The first kappa shape index (κ1) is 16.3. The molecule has 0 atom stereocenters. The van der Waals surface area contributed by atoms with Gasteiger partial charge in [0.25, 0.3) is 0 Å². The summed E-state index contributed by atoms with van der Waals surface area (Å²) in [5, 5.41) is 5.44. The zero-order chi connectivity index (χ0) is 16.3. The van der Waals surface area contributed by atoms with E-state index in [2.05, 4.69) is 24.5 Å². The maximum Gasteiger partial charge on any atom is 0.196 e. The average molecular weight is 324 g/mol. The van der Waals surface area contributed by atoms with Crippen molar-refractivity contribution in [1.29, 1.82) is 0 Å². The molecule has 0 unspecified atom stereocenters. The van der Waals surface area contributed by atoms with Crippen molar-refractivity contribution in [2.75, 3.05) is 10.6 Å². The van der Waals surface area contributed by atoms with Crippen LogP contribution >= 0.6 is 12.2 Å². The van der Waals surface area contributed by atoms with E-state index in [1.807, 2.05) is 24.3 Å². The lowest BCUT2D eigenvalue weighted by atomic mass is 10.0. The standard InChI is InChI=1S/C16H15F3N2S/c1-9(2)10-3-5-11(6-4-10)20-16(22)21-13-8-7-12(17)14(18)15(13)19/h3-9H,1-2H3,(H2,20,21,22). The van der Waals surface area contributed by atoms with Crippen LogP contribution in [0.25, 0.3) is 0 Å². The SMILES string of the molecule is CC(C)c1ccc(NC(=S)Nc2ccc(F)c(F)c2F)cc1. The van der Waals surface area contributed by atoms with Gasteiger partial charge in [-0.15, -0.1) is 0 Å². The van der Waals surface area contributed by atoms with Gasteiger partial charge in [-0.3, -0.25) is 0 Å². The van der Waals surface area contributed by atoms with E-state index in [1.54, 1.807) is 0 Å². The van der Waals surface area contributed by atoms with Crippen LogP contribution in [0.4, 0.5) is 24.5 Å². The molecule has 0 saturated carbocycles. The summed E-state index contributed by atoms with van der Waals surface area (Å²) in [5.74, 6) is -3.67. The maximum atomic E-state index is 13.5. The lowest BCUT2D eigenvalue weighted by Crippen LogP contribution is -2.20. The maximum absolute atomic E-state index is 13.5. The molecule has 116 valence electrons. The minimum absolute atomic E-state index is 0.0854. The molecule has 22 heavy (non-hydrogen) atoms. The molecule has 2 N–H and O–H groups in total. The van der Waals surface area contributed by atoms with Crippen LogP contribution in [0.15, 0.2) is 36.4 Å². The van der Waals surface area contributed by atoms with Gasteiger partial charge in [0, 0.05) is 5.69 Å². The third-order valence-electron chi connectivity index (χ3n) is 3.12. The van der Waals surface area contributed by atoms with Gasteiger partial charge < -0.3 is 10.6 Å². The van der Waals surface area contributed by atoms with Crippen molar-refractivity contribution in [3.05, 3.63) is 59.4 Å². The van der Waals surface area contributed by atoms with Gasteiger partial charge in [0.05, 0.1) is 5.69 Å². The summed E-state index contributed by atoms with van der Waals surface area (Å²) >= 11 is 5.03. The first-order chi connectivity index (χ1) is 10.4. The van der Waals surface area contributed by atoms with E-state index in [0.29, 0.717) is 11.6 Å². The Morgan fingerprint density at radius 2 is 1.55 bits per heavy atom. The number of anilines is 2. The van der Waals surface area contributed by atoms with Crippen molar-refractivity contribution < 1.29 is 13.2 Å². The smallest absolute Gasteiger partial charge is 0.196 e. The number of thiocarbonyl (C=S) groups is 1. The molecule has 0 radical (unpaired) electrons. The van der Waals surface area contributed by atoms with Crippen molar-refractivity contribution in [3.8, 4) is 0 Å². The highest BCUT2D eigenvalue weighted by Crippen LogP contribution is 2.21. The predicted octanol–water partition coefficient (Wildman–Crippen LogP) is 5.04. The molecular formula is C16H15F3N2S. The molecule has 0 aliphatic heterocycles. The average Bonchev–Trinajstić information content (AvgIpc) is 2.48. The molecule has 2 aromatic rings. The monoisotopic (exact) mass is 324 g/mol. The Hall–Kier alpha value is -2.08. The van der Waals surface area contributed by atoms with Gasteiger partial charge in [0.2, 0.25) is 0 Å². The lowest BCUT2D eigenvalue weighted by molar-refractivity contribution is 0.449. The van der Waals surface area contributed by atoms with E-state index >= 15 is 0 Å². The summed E-state index contributed by atoms with van der Waals surface area (Å²) in [4.78, 5) is 0. The van der Waals surface area contributed by atoms with Crippen molar-refractivity contribution in [3.63, 3.8) is 0 Å². The van der Waals surface area contributed by atoms with Crippen LogP contribution in [0.2, 0.25) is 0 Å². The molecule has 2 aromatic carbocycles. The molecule has 2 rings (SSSR count). The zero-order valence-corrected chi connectivity index (χ0v) is 12.9. The lowest BCUT2D eigenvalue weighted by Gasteiger charge is -2.12. The predicted molar refractivity (Wildman–Crippen MR) is 86.7 cm³/mol. The third kappa shape index (κ3) is 3.76. The first-order valence-electron chi connectivity index (χ1n) is 6.70. The third-order valence-corrected chi connectivity index (χ3v) is 3.32. The highest BCUT2D eigenvalue weighted by atomic mass is 32.1. The van der Waals surface area contributed by atoms with Crippen LogP contribution in [0.5, 0.6) is 0 Å². The minimum Gasteiger partial charge on any atom is -0.332 e. The van der Waals surface area contributed by atoms with E-state index in [0.717, 1.165) is 12.1 Å². The van der Waals surface area contributed by atoms with Gasteiger partial charge in [0.1, 0.15) is 0 Å². The van der Waals surface area contributed by atoms with Gasteiger partial charge in [-0.25, -0.2) is 13.2 Å². The largest absolute Gasteiger partial charge is 0.332 e. The number of hydrogen-bond donors (Lipinski definition) is 2. The fourth-order valence-corrected chi connectivity index (χ4v) is 2.09. The number of halogens is 3. The van der Waals surface area contributed by atoms with Crippen molar-refractivity contribution >= 4 is 28.7 Å². The van der Waals surface area contributed by atoms with E-state index in [4.69, 9.17) is 12.2 Å². The van der Waals surface area contributed by atoms with Crippen LogP contribution in [0.3, 0.4) is 0 Å². The van der Waals surface area contributed by atoms with Crippen LogP contribution in [-0.4, -0.2) is 5.11 Å². The summed E-state index contributed by atoms with van der Waals surface area (Å²) in [7, 11) is 0. The van der Waals surface area contributed by atoms with E-state index in [-0.39, 0.29) is 10.8 Å². The summed E-state index contributed by atoms with van der Waals surface area (Å²) in [6.07, 6.45) is 0. The number of rotatable bonds is 3. The molecule has 2 nitrogen and oxygen atoms in total. The number of benzene rings is 2. The molecular weight excluding hydrogens is 309 g/mol. The second-order valence-corrected chi connectivity index (χ2v) is 5.49. The zero-order valence-electron chi connectivity index (χ0n) is 12.1. The summed E-state index contributed by atoms with van der Waals surface area (Å²) < 4.78 is 39.5. The summed E-state index contributed by atoms with van der Waals surface area (Å²) in [5.41, 5.74) is 1.66. The molecule has 0 saturated heterocycles. The van der Waals surface area contributed by atoms with Gasteiger partial charge in [0.15, 0.2) is 22.6 Å². The first-order valence-corrected chi connectivity index (χ1v) is 7.10. The Balaban J connectivity index is 2.06. The van der Waals surface area contributed by atoms with Gasteiger partial charge in [-0.2, -0.15) is 0 Å². The Morgan fingerprint density at radius 1 is 0.909 bits per heavy atom. The van der Waals surface area contributed by atoms with Crippen LogP contribution in [0, 0.1) is 17.5 Å². The van der Waals surface area contributed by atoms with Crippen molar-refractivity contribution in [2.24, 2.45) is 0 Å². The molecule has 0 amide bonds. The molecule has 0 bridgehead atoms. The van der Waals surface area contributed by atoms with Crippen molar-refractivity contribution in [2.45, 2.75) is 19.8 Å². The van der Waals surface area contributed by atoms with Crippen molar-refractivity contribution in [1.82, 2.24) is 0 Å². The molecule has 0 aromatic heterocycles. The molecule has 0 spiro atoms. The summed E-state index contributed by atoms with van der Waals surface area (Å²) in [6, 6.07) is 9.50. The van der Waals surface area contributed by atoms with E-state index < -0.39 is 17.5 Å². The van der Waals surface area contributed by atoms with Crippen LogP contribution in [0.1, 0.15) is 25.3 Å². The highest BCUT2D eigenvalue weighted by molar-refractivity contribution is 7.80. The Kier molecular flexibility index (Phi) is 5.03. The van der Waals surface area contributed by atoms with Crippen LogP contribution in [-0.2, 0) is 0 Å². The number of nitrogens with one attached hydrogen (secondary N) is 2. The van der Waals surface area contributed by atoms with Gasteiger partial charge in [-0.05, 0) is 48.0 Å². The molecule has 0 fully saturated rings. The molecule has 0 aliphatic rings. The Labute approximate surface area is 132 Å². The topological polar surface area (TPSA) is 24.1 Å². The fraction of sp³-hybridized carbons (Fsp3) is 0.188. The van der Waals surface area contributed by atoms with E-state index in [9.17, 15) is 13.2 Å². The van der Waals surface area contributed by atoms with E-state index in [1.165, 1.54) is 5.56 Å². The van der Waals surface area contributed by atoms with Gasteiger partial charge in [-0.1, -0.05) is 26.0 Å². The Bertz CT molecular complexity index is 685. The number of hydrogen-bond acceptors (Lipinski definition) is 1. The van der Waals surface area contributed by atoms with Crippen LogP contribution < -0.4 is 10.6 Å². The second kappa shape index (κ2) is 6.79. The normalized spacial score (nSPS) is 10.6. The Morgan fingerprint density at radius 3 is 2.14 bits per heavy atom. The highest BCUT2D eigenvalue weighted by Gasteiger charge is 2.14. The summed E-state index contributed by atoms with van der Waals surface area (Å²) in [6.45, 7) is 4.17. The minimum atomic E-state index is -1.53. The molecule has 0 heterocycles. The fourth-order valence-electron chi connectivity index (χ4n) is 1.86. The quantitative estimate of drug-likeness (QED) is 0.611. The second-order valence-electron chi connectivity index (χ2n) is 5.08. The molecule has 0 aliphatic carbocycles.